The van der Waals surface area contributed by atoms with Gasteiger partial charge in [-0.2, -0.15) is 16.7 Å². The Balaban J connectivity index is 3.09. The Kier molecular flexibility index (Phi) is 5.14. The van der Waals surface area contributed by atoms with E-state index >= 15 is 0 Å². The third kappa shape index (κ3) is 3.46. The highest BCUT2D eigenvalue weighted by Crippen LogP contribution is 2.26. The van der Waals surface area contributed by atoms with E-state index in [2.05, 4.69) is 15.3 Å². The molecule has 0 aromatic carbocycles. The molecule has 3 N–H and O–H groups in total. The van der Waals surface area contributed by atoms with Gasteiger partial charge in [0, 0.05) is 11.8 Å². The van der Waals surface area contributed by atoms with Crippen molar-refractivity contribution in [1.29, 1.82) is 0 Å². The number of aryl methyl sites for hydroxylation is 1. The van der Waals surface area contributed by atoms with Crippen LogP contribution in [0.4, 0.5) is 17.5 Å². The quantitative estimate of drug-likeness (QED) is 0.600. The van der Waals surface area contributed by atoms with Crippen LogP contribution >= 0.6 is 11.8 Å². The minimum atomic E-state index is -0.483. The van der Waals surface area contributed by atoms with E-state index in [9.17, 15) is 10.1 Å². The van der Waals surface area contributed by atoms with Crippen LogP contribution in [0.3, 0.4) is 0 Å². The van der Waals surface area contributed by atoms with Gasteiger partial charge in [-0.25, -0.2) is 4.98 Å². The van der Waals surface area contributed by atoms with Gasteiger partial charge in [0.15, 0.2) is 0 Å². The average Bonchev–Trinajstić information content (AvgIpc) is 2.26. The number of hydrogen-bond acceptors (Lipinski definition) is 7. The van der Waals surface area contributed by atoms with Gasteiger partial charge in [-0.05, 0) is 19.6 Å². The smallest absolute Gasteiger partial charge is 0.332 e. The van der Waals surface area contributed by atoms with Gasteiger partial charge in [-0.15, -0.1) is 0 Å². The van der Waals surface area contributed by atoms with Crippen LogP contribution in [0, 0.1) is 17.0 Å². The molecule has 0 aliphatic rings. The molecular formula is C10H17N5O2S. The summed E-state index contributed by atoms with van der Waals surface area (Å²) in [7, 11) is 0. The molecule has 0 bridgehead atoms. The number of nitro groups is 1. The van der Waals surface area contributed by atoms with Crippen molar-refractivity contribution in [2.75, 3.05) is 23.1 Å². The first-order valence-electron chi connectivity index (χ1n) is 5.53. The maximum atomic E-state index is 11.0. The minimum Gasteiger partial charge on any atom is -0.368 e. The molecule has 1 unspecified atom stereocenters. The monoisotopic (exact) mass is 271 g/mol. The maximum Gasteiger partial charge on any atom is 0.332 e. The van der Waals surface area contributed by atoms with Crippen molar-refractivity contribution in [3.8, 4) is 0 Å². The predicted molar refractivity (Wildman–Crippen MR) is 73.9 cm³/mol. The molecule has 1 aromatic rings. The maximum absolute atomic E-state index is 11.0. The highest BCUT2D eigenvalue weighted by molar-refractivity contribution is 7.98. The number of aromatic nitrogens is 2. The zero-order valence-corrected chi connectivity index (χ0v) is 11.5. The van der Waals surface area contributed by atoms with Crippen LogP contribution in [0.15, 0.2) is 0 Å². The zero-order valence-electron chi connectivity index (χ0n) is 10.6. The number of anilines is 2. The molecular weight excluding hydrogens is 254 g/mol. The molecule has 18 heavy (non-hydrogen) atoms. The number of thioether (sulfide) groups is 1. The van der Waals surface area contributed by atoms with E-state index in [0.29, 0.717) is 0 Å². The molecule has 0 radical (unpaired) electrons. The normalized spacial score (nSPS) is 12.2. The highest BCUT2D eigenvalue weighted by atomic mass is 32.2. The second-order valence-corrected chi connectivity index (χ2v) is 4.74. The number of nitrogen functional groups attached to an aromatic ring is 1. The van der Waals surface area contributed by atoms with Crippen LogP contribution in [-0.4, -0.2) is 32.9 Å². The van der Waals surface area contributed by atoms with Crippen LogP contribution in [0.5, 0.6) is 0 Å². The third-order valence-corrected chi connectivity index (χ3v) is 3.20. The van der Waals surface area contributed by atoms with E-state index in [1.807, 2.05) is 13.2 Å². The standard InChI is InChI=1S/C10H17N5O2S/c1-4-7(5-18-3)13-9-8(15(16)17)6(2)12-10(11)14-9/h7H,4-5H2,1-3H3,(H3,11,12,13,14). The summed E-state index contributed by atoms with van der Waals surface area (Å²) < 4.78 is 0. The first-order chi connectivity index (χ1) is 8.49. The molecule has 0 saturated heterocycles. The second kappa shape index (κ2) is 6.39. The van der Waals surface area contributed by atoms with E-state index in [1.165, 1.54) is 0 Å². The number of nitrogens with two attached hydrogens (primary N) is 1. The molecule has 1 rings (SSSR count). The third-order valence-electron chi connectivity index (χ3n) is 2.46. The van der Waals surface area contributed by atoms with Crippen molar-refractivity contribution < 1.29 is 4.92 Å². The van der Waals surface area contributed by atoms with Crippen LogP contribution in [0.1, 0.15) is 19.0 Å². The summed E-state index contributed by atoms with van der Waals surface area (Å²) in [5.74, 6) is 1.09. The first kappa shape index (κ1) is 14.5. The number of hydrogen-bond donors (Lipinski definition) is 2. The fourth-order valence-electron chi connectivity index (χ4n) is 1.56. The summed E-state index contributed by atoms with van der Waals surface area (Å²) in [4.78, 5) is 18.3. The topological polar surface area (TPSA) is 107 Å². The van der Waals surface area contributed by atoms with Gasteiger partial charge in [-0.1, -0.05) is 6.92 Å². The molecule has 0 fully saturated rings. The van der Waals surface area contributed by atoms with Crippen LogP contribution in [0.2, 0.25) is 0 Å². The van der Waals surface area contributed by atoms with Crippen LogP contribution in [0.25, 0.3) is 0 Å². The summed E-state index contributed by atoms with van der Waals surface area (Å²) >= 11 is 1.67. The molecule has 100 valence electrons. The SMILES string of the molecule is CCC(CSC)Nc1nc(N)nc(C)c1[N+](=O)[O-]. The predicted octanol–water partition coefficient (Wildman–Crippen LogP) is 1.83. The van der Waals surface area contributed by atoms with Gasteiger partial charge in [-0.3, -0.25) is 10.1 Å². The average molecular weight is 271 g/mol. The molecule has 1 atom stereocenters. The van der Waals surface area contributed by atoms with Crippen molar-refractivity contribution in [3.63, 3.8) is 0 Å². The van der Waals surface area contributed by atoms with Crippen molar-refractivity contribution >= 4 is 29.2 Å². The van der Waals surface area contributed by atoms with Crippen molar-refractivity contribution in [1.82, 2.24) is 9.97 Å². The van der Waals surface area contributed by atoms with Crippen molar-refractivity contribution in [2.45, 2.75) is 26.3 Å². The first-order valence-corrected chi connectivity index (χ1v) is 6.92. The van der Waals surface area contributed by atoms with E-state index < -0.39 is 4.92 Å². The molecule has 1 heterocycles. The Hall–Kier alpha value is -1.57. The fraction of sp³-hybridized carbons (Fsp3) is 0.600. The Labute approximate surface area is 110 Å². The minimum absolute atomic E-state index is 0.0413. The van der Waals surface area contributed by atoms with Gasteiger partial charge in [0.25, 0.3) is 0 Å². The van der Waals surface area contributed by atoms with Gasteiger partial charge < -0.3 is 11.1 Å². The van der Waals surface area contributed by atoms with Crippen molar-refractivity contribution in [3.05, 3.63) is 15.8 Å². The van der Waals surface area contributed by atoms with Gasteiger partial charge >= 0.3 is 5.69 Å². The Morgan fingerprint density at radius 3 is 2.72 bits per heavy atom. The number of nitrogens with one attached hydrogen (secondary N) is 1. The molecule has 0 aliphatic carbocycles. The fourth-order valence-corrected chi connectivity index (χ4v) is 2.29. The molecule has 1 aromatic heterocycles. The van der Waals surface area contributed by atoms with Crippen LogP contribution in [-0.2, 0) is 0 Å². The van der Waals surface area contributed by atoms with Gasteiger partial charge in [0.1, 0.15) is 5.69 Å². The lowest BCUT2D eigenvalue weighted by molar-refractivity contribution is -0.385. The molecule has 7 nitrogen and oxygen atoms in total. The van der Waals surface area contributed by atoms with Gasteiger partial charge in [0.05, 0.1) is 4.92 Å². The second-order valence-electron chi connectivity index (χ2n) is 3.83. The summed E-state index contributed by atoms with van der Waals surface area (Å²) in [5.41, 5.74) is 5.69. The van der Waals surface area contributed by atoms with Gasteiger partial charge in [0.2, 0.25) is 11.8 Å². The Bertz CT molecular complexity index is 441. The summed E-state index contributed by atoms with van der Waals surface area (Å²) in [6.07, 6.45) is 2.83. The lowest BCUT2D eigenvalue weighted by Gasteiger charge is -2.16. The Morgan fingerprint density at radius 1 is 1.56 bits per heavy atom. The lowest BCUT2D eigenvalue weighted by atomic mass is 10.2. The zero-order chi connectivity index (χ0) is 13.7. The summed E-state index contributed by atoms with van der Waals surface area (Å²) in [5, 5.41) is 14.1. The molecule has 0 saturated carbocycles. The Morgan fingerprint density at radius 2 is 2.22 bits per heavy atom. The highest BCUT2D eigenvalue weighted by Gasteiger charge is 2.23. The molecule has 0 amide bonds. The largest absolute Gasteiger partial charge is 0.368 e. The number of nitrogens with zero attached hydrogens (tertiary/aromatic N) is 3. The summed E-state index contributed by atoms with van der Waals surface area (Å²) in [6.45, 7) is 3.56. The molecule has 0 aliphatic heterocycles. The van der Waals surface area contributed by atoms with E-state index in [4.69, 9.17) is 5.73 Å². The molecule has 8 heteroatoms. The van der Waals surface area contributed by atoms with E-state index in [-0.39, 0.29) is 29.2 Å². The van der Waals surface area contributed by atoms with E-state index in [0.717, 1.165) is 12.2 Å². The van der Waals surface area contributed by atoms with Crippen LogP contribution < -0.4 is 11.1 Å². The van der Waals surface area contributed by atoms with E-state index in [1.54, 1.807) is 18.7 Å². The summed E-state index contributed by atoms with van der Waals surface area (Å²) in [6, 6.07) is 0.118. The molecule has 0 spiro atoms. The lowest BCUT2D eigenvalue weighted by Crippen LogP contribution is -2.23. The van der Waals surface area contributed by atoms with Crippen molar-refractivity contribution in [2.24, 2.45) is 0 Å². The number of rotatable bonds is 6.